The molecule has 4 nitrogen and oxygen atoms in total. The number of hydrogen-bond donors (Lipinski definition) is 1. The van der Waals surface area contributed by atoms with E-state index in [0.29, 0.717) is 12.1 Å². The van der Waals surface area contributed by atoms with Crippen LogP contribution in [0.5, 0.6) is 0 Å². The fraction of sp³-hybridized carbons (Fsp3) is 0.643. The summed E-state index contributed by atoms with van der Waals surface area (Å²) in [6, 6.07) is 2.86. The Morgan fingerprint density at radius 3 is 2.84 bits per heavy atom. The standard InChI is InChI=1S/C14H20BrN3O/c1-17-8-10(15)7-13(17)14(19)18(12-4-5-12)9-11-3-2-6-16-11/h7-8,11-12,16H,2-6,9H2,1H3. The van der Waals surface area contributed by atoms with Gasteiger partial charge in [-0.05, 0) is 54.2 Å². The van der Waals surface area contributed by atoms with Crippen molar-refractivity contribution in [1.29, 1.82) is 0 Å². The molecule has 0 spiro atoms. The number of nitrogens with one attached hydrogen (secondary N) is 1. The first-order valence-electron chi connectivity index (χ1n) is 7.01. The molecular formula is C14H20BrN3O. The third kappa shape index (κ3) is 2.87. The molecule has 1 N–H and O–H groups in total. The van der Waals surface area contributed by atoms with Crippen molar-refractivity contribution in [3.63, 3.8) is 0 Å². The lowest BCUT2D eigenvalue weighted by Gasteiger charge is -2.26. The first-order valence-corrected chi connectivity index (χ1v) is 7.80. The Hall–Kier alpha value is -0.810. The maximum Gasteiger partial charge on any atom is 0.270 e. The van der Waals surface area contributed by atoms with Crippen LogP contribution >= 0.6 is 15.9 Å². The summed E-state index contributed by atoms with van der Waals surface area (Å²) in [4.78, 5) is 14.8. The van der Waals surface area contributed by atoms with E-state index in [1.165, 1.54) is 12.8 Å². The van der Waals surface area contributed by atoms with Gasteiger partial charge in [-0.1, -0.05) is 0 Å². The summed E-state index contributed by atoms with van der Waals surface area (Å²) in [5, 5.41) is 3.49. The summed E-state index contributed by atoms with van der Waals surface area (Å²) in [6.07, 6.45) is 6.67. The molecule has 1 saturated heterocycles. The second-order valence-electron chi connectivity index (χ2n) is 5.64. The van der Waals surface area contributed by atoms with E-state index in [9.17, 15) is 4.79 Å². The van der Waals surface area contributed by atoms with Crippen LogP contribution in [-0.2, 0) is 7.05 Å². The highest BCUT2D eigenvalue weighted by Crippen LogP contribution is 2.29. The van der Waals surface area contributed by atoms with Crippen molar-refractivity contribution in [2.24, 2.45) is 7.05 Å². The number of amides is 1. The first kappa shape index (κ1) is 13.2. The van der Waals surface area contributed by atoms with Crippen LogP contribution in [0, 0.1) is 0 Å². The van der Waals surface area contributed by atoms with Gasteiger partial charge >= 0.3 is 0 Å². The van der Waals surface area contributed by atoms with Crippen LogP contribution in [0.25, 0.3) is 0 Å². The zero-order valence-electron chi connectivity index (χ0n) is 11.2. The molecule has 104 valence electrons. The van der Waals surface area contributed by atoms with Crippen LogP contribution in [0.3, 0.4) is 0 Å². The van der Waals surface area contributed by atoms with Gasteiger partial charge in [0.2, 0.25) is 0 Å². The highest BCUT2D eigenvalue weighted by Gasteiger charge is 2.35. The summed E-state index contributed by atoms with van der Waals surface area (Å²) >= 11 is 3.44. The Morgan fingerprint density at radius 1 is 1.53 bits per heavy atom. The van der Waals surface area contributed by atoms with Crippen LogP contribution in [0.4, 0.5) is 0 Å². The number of aryl methyl sites for hydroxylation is 1. The molecule has 0 radical (unpaired) electrons. The van der Waals surface area contributed by atoms with E-state index in [1.807, 2.05) is 23.9 Å². The Bertz CT molecular complexity index is 475. The molecule has 19 heavy (non-hydrogen) atoms. The molecule has 5 heteroatoms. The van der Waals surface area contributed by atoms with Crippen LogP contribution in [0.15, 0.2) is 16.7 Å². The highest BCUT2D eigenvalue weighted by molar-refractivity contribution is 9.10. The lowest BCUT2D eigenvalue weighted by molar-refractivity contribution is 0.0719. The second-order valence-corrected chi connectivity index (χ2v) is 6.55. The van der Waals surface area contributed by atoms with E-state index in [2.05, 4.69) is 26.1 Å². The molecule has 1 aromatic rings. The van der Waals surface area contributed by atoms with Gasteiger partial charge in [-0.25, -0.2) is 0 Å². The normalized spacial score (nSPS) is 22.7. The highest BCUT2D eigenvalue weighted by atomic mass is 79.9. The minimum Gasteiger partial charge on any atom is -0.345 e. The van der Waals surface area contributed by atoms with Crippen molar-refractivity contribution >= 4 is 21.8 Å². The minimum absolute atomic E-state index is 0.171. The number of halogens is 1. The van der Waals surface area contributed by atoms with Gasteiger partial charge in [0.25, 0.3) is 5.91 Å². The van der Waals surface area contributed by atoms with Crippen molar-refractivity contribution < 1.29 is 4.79 Å². The monoisotopic (exact) mass is 325 g/mol. The van der Waals surface area contributed by atoms with Crippen LogP contribution in [0.1, 0.15) is 36.2 Å². The molecule has 1 aliphatic heterocycles. The minimum atomic E-state index is 0.171. The van der Waals surface area contributed by atoms with Gasteiger partial charge in [0, 0.05) is 36.3 Å². The van der Waals surface area contributed by atoms with E-state index < -0.39 is 0 Å². The molecule has 2 aliphatic rings. The van der Waals surface area contributed by atoms with Gasteiger partial charge in [0.05, 0.1) is 0 Å². The topological polar surface area (TPSA) is 37.3 Å². The predicted molar refractivity (Wildman–Crippen MR) is 78.2 cm³/mol. The third-order valence-electron chi connectivity index (χ3n) is 4.02. The summed E-state index contributed by atoms with van der Waals surface area (Å²) in [5.41, 5.74) is 0.775. The van der Waals surface area contributed by atoms with Crippen molar-refractivity contribution in [2.75, 3.05) is 13.1 Å². The van der Waals surface area contributed by atoms with Crippen molar-refractivity contribution in [3.8, 4) is 0 Å². The summed E-state index contributed by atoms with van der Waals surface area (Å²) < 4.78 is 2.87. The molecule has 1 aliphatic carbocycles. The Kier molecular flexibility index (Phi) is 3.67. The van der Waals surface area contributed by atoms with Gasteiger partial charge in [-0.3, -0.25) is 4.79 Å². The van der Waals surface area contributed by atoms with Gasteiger partial charge in [0.15, 0.2) is 0 Å². The Morgan fingerprint density at radius 2 is 2.32 bits per heavy atom. The largest absolute Gasteiger partial charge is 0.345 e. The number of carbonyl (C=O) groups is 1. The summed E-state index contributed by atoms with van der Waals surface area (Å²) in [7, 11) is 1.93. The van der Waals surface area contributed by atoms with Crippen LogP contribution in [0.2, 0.25) is 0 Å². The number of aromatic nitrogens is 1. The molecule has 2 fully saturated rings. The molecule has 2 heterocycles. The fourth-order valence-corrected chi connectivity index (χ4v) is 3.34. The fourth-order valence-electron chi connectivity index (χ4n) is 2.82. The van der Waals surface area contributed by atoms with Gasteiger partial charge < -0.3 is 14.8 Å². The number of rotatable bonds is 4. The van der Waals surface area contributed by atoms with E-state index in [1.54, 1.807) is 0 Å². The van der Waals surface area contributed by atoms with Gasteiger partial charge in [0.1, 0.15) is 5.69 Å². The SMILES string of the molecule is Cn1cc(Br)cc1C(=O)N(CC1CCCN1)C1CC1. The molecule has 3 rings (SSSR count). The molecule has 1 atom stereocenters. The van der Waals surface area contributed by atoms with E-state index in [0.717, 1.165) is 36.1 Å². The molecule has 0 bridgehead atoms. The molecule has 0 aromatic carbocycles. The van der Waals surface area contributed by atoms with E-state index in [-0.39, 0.29) is 5.91 Å². The van der Waals surface area contributed by atoms with E-state index in [4.69, 9.17) is 0 Å². The molecule has 1 saturated carbocycles. The van der Waals surface area contributed by atoms with Crippen LogP contribution < -0.4 is 5.32 Å². The van der Waals surface area contributed by atoms with Crippen molar-refractivity contribution in [3.05, 3.63) is 22.4 Å². The first-order chi connectivity index (χ1) is 9.15. The Balaban J connectivity index is 1.75. The predicted octanol–water partition coefficient (Wildman–Crippen LogP) is 2.14. The molecule has 1 aromatic heterocycles. The molecule has 1 amide bonds. The van der Waals surface area contributed by atoms with E-state index >= 15 is 0 Å². The number of carbonyl (C=O) groups excluding carboxylic acids is 1. The summed E-state index contributed by atoms with van der Waals surface area (Å²) in [5.74, 6) is 0.171. The van der Waals surface area contributed by atoms with Gasteiger partial charge in [-0.2, -0.15) is 0 Å². The lowest BCUT2D eigenvalue weighted by atomic mass is 10.2. The van der Waals surface area contributed by atoms with Crippen LogP contribution in [-0.4, -0.2) is 40.5 Å². The van der Waals surface area contributed by atoms with Crippen molar-refractivity contribution in [2.45, 2.75) is 37.8 Å². The molecule has 1 unspecified atom stereocenters. The summed E-state index contributed by atoms with van der Waals surface area (Å²) in [6.45, 7) is 1.94. The molecular weight excluding hydrogens is 306 g/mol. The smallest absolute Gasteiger partial charge is 0.270 e. The second kappa shape index (κ2) is 5.29. The maximum absolute atomic E-state index is 12.7. The zero-order valence-corrected chi connectivity index (χ0v) is 12.8. The zero-order chi connectivity index (χ0) is 13.4. The average molecular weight is 326 g/mol. The average Bonchev–Trinajstić information content (AvgIpc) is 2.97. The maximum atomic E-state index is 12.7. The third-order valence-corrected chi connectivity index (χ3v) is 4.45. The quantitative estimate of drug-likeness (QED) is 0.921. The lowest BCUT2D eigenvalue weighted by Crippen LogP contribution is -2.42. The van der Waals surface area contributed by atoms with Crippen molar-refractivity contribution in [1.82, 2.24) is 14.8 Å². The Labute approximate surface area is 122 Å². The van der Waals surface area contributed by atoms with Gasteiger partial charge in [-0.15, -0.1) is 0 Å². The number of hydrogen-bond acceptors (Lipinski definition) is 2. The number of nitrogens with zero attached hydrogens (tertiary/aromatic N) is 2.